The molecule has 0 spiro atoms. The third kappa shape index (κ3) is 2.87. The molecule has 25 heavy (non-hydrogen) atoms. The SMILES string of the molecule is O=C(N[C@@H]1CCCN(c2cccnc2)C1=O)c1cccc2[nH]ccc12. The van der Waals surface area contributed by atoms with Crippen LogP contribution in [0.15, 0.2) is 55.0 Å². The molecule has 0 radical (unpaired) electrons. The summed E-state index contributed by atoms with van der Waals surface area (Å²) in [5.41, 5.74) is 2.24. The van der Waals surface area contributed by atoms with E-state index in [4.69, 9.17) is 0 Å². The van der Waals surface area contributed by atoms with Gasteiger partial charge in [-0.15, -0.1) is 0 Å². The van der Waals surface area contributed by atoms with Crippen molar-refractivity contribution in [1.29, 1.82) is 0 Å². The molecule has 126 valence electrons. The minimum Gasteiger partial charge on any atom is -0.361 e. The highest BCUT2D eigenvalue weighted by molar-refractivity contribution is 6.08. The van der Waals surface area contributed by atoms with Crippen molar-refractivity contribution in [3.63, 3.8) is 0 Å². The zero-order valence-electron chi connectivity index (χ0n) is 13.6. The Balaban J connectivity index is 1.55. The molecule has 1 aliphatic rings. The molecule has 6 nitrogen and oxygen atoms in total. The van der Waals surface area contributed by atoms with Gasteiger partial charge in [0.2, 0.25) is 5.91 Å². The number of nitrogens with one attached hydrogen (secondary N) is 2. The predicted octanol–water partition coefficient (Wildman–Crippen LogP) is 2.49. The Bertz CT molecular complexity index is 919. The van der Waals surface area contributed by atoms with E-state index in [0.29, 0.717) is 18.5 Å². The van der Waals surface area contributed by atoms with Crippen molar-refractivity contribution in [1.82, 2.24) is 15.3 Å². The Morgan fingerprint density at radius 3 is 3.00 bits per heavy atom. The van der Waals surface area contributed by atoms with Gasteiger partial charge in [-0.3, -0.25) is 14.6 Å². The maximum Gasteiger partial charge on any atom is 0.252 e. The zero-order chi connectivity index (χ0) is 17.2. The molecule has 0 bridgehead atoms. The van der Waals surface area contributed by atoms with E-state index in [1.165, 1.54) is 0 Å². The highest BCUT2D eigenvalue weighted by atomic mass is 16.2. The summed E-state index contributed by atoms with van der Waals surface area (Å²) in [7, 11) is 0. The number of aromatic amines is 1. The lowest BCUT2D eigenvalue weighted by Gasteiger charge is -2.32. The van der Waals surface area contributed by atoms with Crippen molar-refractivity contribution >= 4 is 28.4 Å². The second kappa shape index (κ2) is 6.39. The van der Waals surface area contributed by atoms with Crippen LogP contribution in [0, 0.1) is 0 Å². The van der Waals surface area contributed by atoms with Gasteiger partial charge in [0.1, 0.15) is 6.04 Å². The van der Waals surface area contributed by atoms with Crippen LogP contribution in [0.5, 0.6) is 0 Å². The molecule has 2 N–H and O–H groups in total. The first-order chi connectivity index (χ1) is 12.2. The summed E-state index contributed by atoms with van der Waals surface area (Å²) in [6, 6.07) is 10.5. The molecule has 2 aromatic heterocycles. The van der Waals surface area contributed by atoms with E-state index in [9.17, 15) is 9.59 Å². The monoisotopic (exact) mass is 334 g/mol. The third-order valence-electron chi connectivity index (χ3n) is 4.54. The molecule has 0 aliphatic carbocycles. The number of carbonyl (C=O) groups excluding carboxylic acids is 2. The smallest absolute Gasteiger partial charge is 0.252 e. The number of aromatic nitrogens is 2. The quantitative estimate of drug-likeness (QED) is 0.772. The Kier molecular flexibility index (Phi) is 3.93. The van der Waals surface area contributed by atoms with E-state index >= 15 is 0 Å². The van der Waals surface area contributed by atoms with Crippen LogP contribution in [-0.2, 0) is 4.79 Å². The minimum absolute atomic E-state index is 0.0890. The van der Waals surface area contributed by atoms with E-state index in [1.807, 2.05) is 24.3 Å². The molecule has 2 amide bonds. The van der Waals surface area contributed by atoms with Crippen molar-refractivity contribution < 1.29 is 9.59 Å². The van der Waals surface area contributed by atoms with Gasteiger partial charge in [0, 0.05) is 35.4 Å². The first-order valence-electron chi connectivity index (χ1n) is 8.32. The van der Waals surface area contributed by atoms with Crippen molar-refractivity contribution in [3.05, 3.63) is 60.6 Å². The standard InChI is InChI=1S/C19H18N4O2/c24-18(15-5-1-6-16-14(15)8-10-21-16)22-17-7-3-11-23(19(17)25)13-4-2-9-20-12-13/h1-2,4-6,8-10,12,17,21H,3,7,11H2,(H,22,24)/t17-/m1/s1. The summed E-state index contributed by atoms with van der Waals surface area (Å²) in [6.45, 7) is 0.643. The second-order valence-electron chi connectivity index (χ2n) is 6.11. The molecular weight excluding hydrogens is 316 g/mol. The topological polar surface area (TPSA) is 78.1 Å². The molecule has 0 unspecified atom stereocenters. The van der Waals surface area contributed by atoms with Crippen molar-refractivity contribution in [2.45, 2.75) is 18.9 Å². The largest absolute Gasteiger partial charge is 0.361 e. The van der Waals surface area contributed by atoms with Crippen LogP contribution in [0.2, 0.25) is 0 Å². The van der Waals surface area contributed by atoms with Gasteiger partial charge in [0.05, 0.1) is 11.9 Å². The summed E-state index contributed by atoms with van der Waals surface area (Å²) in [5, 5.41) is 3.76. The van der Waals surface area contributed by atoms with Crippen LogP contribution < -0.4 is 10.2 Å². The Labute approximate surface area is 144 Å². The minimum atomic E-state index is -0.518. The third-order valence-corrected chi connectivity index (χ3v) is 4.54. The van der Waals surface area contributed by atoms with Crippen LogP contribution in [0.3, 0.4) is 0 Å². The number of pyridine rings is 1. The highest BCUT2D eigenvalue weighted by Crippen LogP contribution is 2.21. The van der Waals surface area contributed by atoms with E-state index in [-0.39, 0.29) is 11.8 Å². The van der Waals surface area contributed by atoms with E-state index in [1.54, 1.807) is 35.6 Å². The van der Waals surface area contributed by atoms with Crippen molar-refractivity contribution in [3.8, 4) is 0 Å². The molecule has 1 fully saturated rings. The molecule has 1 saturated heterocycles. The fraction of sp³-hybridized carbons (Fsp3) is 0.211. The molecule has 0 saturated carbocycles. The Hall–Kier alpha value is -3.15. The number of nitrogens with zero attached hydrogens (tertiary/aromatic N) is 2. The normalized spacial score (nSPS) is 17.7. The van der Waals surface area contributed by atoms with Crippen LogP contribution >= 0.6 is 0 Å². The van der Waals surface area contributed by atoms with Crippen molar-refractivity contribution in [2.24, 2.45) is 0 Å². The fourth-order valence-electron chi connectivity index (χ4n) is 3.30. The Morgan fingerprint density at radius 2 is 2.16 bits per heavy atom. The van der Waals surface area contributed by atoms with Crippen LogP contribution in [0.4, 0.5) is 5.69 Å². The summed E-state index contributed by atoms with van der Waals surface area (Å²) < 4.78 is 0. The number of anilines is 1. The first-order valence-corrected chi connectivity index (χ1v) is 8.32. The predicted molar refractivity (Wildman–Crippen MR) is 95.4 cm³/mol. The number of hydrogen-bond donors (Lipinski definition) is 2. The fourth-order valence-corrected chi connectivity index (χ4v) is 3.30. The van der Waals surface area contributed by atoms with Gasteiger partial charge < -0.3 is 15.2 Å². The number of rotatable bonds is 3. The summed E-state index contributed by atoms with van der Waals surface area (Å²) in [5.74, 6) is -0.314. The summed E-state index contributed by atoms with van der Waals surface area (Å²) >= 11 is 0. The number of benzene rings is 1. The molecule has 3 heterocycles. The first kappa shape index (κ1) is 15.4. The van der Waals surface area contributed by atoms with E-state index in [0.717, 1.165) is 23.0 Å². The van der Waals surface area contributed by atoms with E-state index < -0.39 is 6.04 Å². The molecule has 3 aromatic rings. The molecule has 1 aliphatic heterocycles. The highest BCUT2D eigenvalue weighted by Gasteiger charge is 2.31. The lowest BCUT2D eigenvalue weighted by Crippen LogP contribution is -2.52. The average Bonchev–Trinajstić information content (AvgIpc) is 3.13. The Morgan fingerprint density at radius 1 is 1.24 bits per heavy atom. The molecule has 1 atom stereocenters. The number of hydrogen-bond acceptors (Lipinski definition) is 3. The van der Waals surface area contributed by atoms with E-state index in [2.05, 4.69) is 15.3 Å². The number of amides is 2. The average molecular weight is 334 g/mol. The van der Waals surface area contributed by atoms with Crippen LogP contribution in [-0.4, -0.2) is 34.4 Å². The van der Waals surface area contributed by atoms with Gasteiger partial charge in [0.15, 0.2) is 0 Å². The number of H-pyrrole nitrogens is 1. The van der Waals surface area contributed by atoms with Gasteiger partial charge in [-0.05, 0) is 43.2 Å². The molecule has 4 rings (SSSR count). The van der Waals surface area contributed by atoms with Gasteiger partial charge in [-0.1, -0.05) is 6.07 Å². The van der Waals surface area contributed by atoms with Gasteiger partial charge >= 0.3 is 0 Å². The van der Waals surface area contributed by atoms with Crippen LogP contribution in [0.25, 0.3) is 10.9 Å². The number of fused-ring (bicyclic) bond motifs is 1. The summed E-state index contributed by atoms with van der Waals surface area (Å²) in [4.78, 5) is 34.3. The molecular formula is C19H18N4O2. The maximum absolute atomic E-state index is 12.8. The summed E-state index contributed by atoms with van der Waals surface area (Å²) in [6.07, 6.45) is 6.62. The maximum atomic E-state index is 12.8. The number of piperidine rings is 1. The van der Waals surface area contributed by atoms with Crippen LogP contribution in [0.1, 0.15) is 23.2 Å². The lowest BCUT2D eigenvalue weighted by atomic mass is 10.0. The van der Waals surface area contributed by atoms with Crippen molar-refractivity contribution in [2.75, 3.05) is 11.4 Å². The van der Waals surface area contributed by atoms with Gasteiger partial charge in [-0.25, -0.2) is 0 Å². The van der Waals surface area contributed by atoms with Gasteiger partial charge in [0.25, 0.3) is 5.91 Å². The van der Waals surface area contributed by atoms with Gasteiger partial charge in [-0.2, -0.15) is 0 Å². The second-order valence-corrected chi connectivity index (χ2v) is 6.11. The number of carbonyl (C=O) groups is 2. The molecule has 6 heteroatoms. The molecule has 1 aromatic carbocycles. The lowest BCUT2D eigenvalue weighted by molar-refractivity contribution is -0.121. The zero-order valence-corrected chi connectivity index (χ0v) is 13.6.